The van der Waals surface area contributed by atoms with Crippen molar-refractivity contribution in [2.24, 2.45) is 0 Å². The van der Waals surface area contributed by atoms with Crippen LogP contribution in [0.3, 0.4) is 0 Å². The zero-order chi connectivity index (χ0) is 19.2. The Hall–Kier alpha value is -2.61. The van der Waals surface area contributed by atoms with Crippen LogP contribution in [0.5, 0.6) is 0 Å². The number of aromatic amines is 1. The summed E-state index contributed by atoms with van der Waals surface area (Å²) in [6.07, 6.45) is 2.97. The average molecular weight is 380 g/mol. The Bertz CT molecular complexity index is 941. The highest BCUT2D eigenvalue weighted by atomic mass is 35.5. The SMILES string of the molecule is CCCCc1nc(C(Cl)c2ccc(-c3ccccc3C#N)cc2)c(CO)[nH]1. The minimum atomic E-state index is -0.445. The minimum absolute atomic E-state index is 0.120. The average Bonchev–Trinajstić information content (AvgIpc) is 3.15. The zero-order valence-corrected chi connectivity index (χ0v) is 16.0. The number of nitriles is 1. The van der Waals surface area contributed by atoms with Gasteiger partial charge in [0.05, 0.1) is 29.6 Å². The predicted molar refractivity (Wildman–Crippen MR) is 107 cm³/mol. The molecule has 5 heteroatoms. The summed E-state index contributed by atoms with van der Waals surface area (Å²) in [6.45, 7) is 2.01. The molecular weight excluding hydrogens is 358 g/mol. The van der Waals surface area contributed by atoms with Gasteiger partial charge in [-0.25, -0.2) is 4.98 Å². The van der Waals surface area contributed by atoms with Crippen molar-refractivity contribution < 1.29 is 5.11 Å². The normalized spacial score (nSPS) is 11.9. The summed E-state index contributed by atoms with van der Waals surface area (Å²) < 4.78 is 0. The summed E-state index contributed by atoms with van der Waals surface area (Å²) >= 11 is 6.67. The summed E-state index contributed by atoms with van der Waals surface area (Å²) in [4.78, 5) is 7.80. The third-order valence-corrected chi connectivity index (χ3v) is 5.05. The molecule has 0 radical (unpaired) electrons. The quantitative estimate of drug-likeness (QED) is 0.560. The number of nitrogens with one attached hydrogen (secondary N) is 1. The Labute approximate surface area is 164 Å². The van der Waals surface area contributed by atoms with Gasteiger partial charge in [-0.3, -0.25) is 0 Å². The molecule has 0 bridgehead atoms. The third-order valence-electron chi connectivity index (χ3n) is 4.59. The van der Waals surface area contributed by atoms with Gasteiger partial charge < -0.3 is 10.1 Å². The molecule has 0 spiro atoms. The highest BCUT2D eigenvalue weighted by Gasteiger charge is 2.19. The van der Waals surface area contributed by atoms with Crippen molar-refractivity contribution in [3.8, 4) is 17.2 Å². The number of aliphatic hydroxyl groups excluding tert-OH is 1. The Morgan fingerprint density at radius 3 is 2.59 bits per heavy atom. The molecule has 2 aromatic carbocycles. The second-order valence-electron chi connectivity index (χ2n) is 6.45. The lowest BCUT2D eigenvalue weighted by Gasteiger charge is -2.11. The molecule has 0 fully saturated rings. The van der Waals surface area contributed by atoms with Crippen molar-refractivity contribution in [3.63, 3.8) is 0 Å². The van der Waals surface area contributed by atoms with E-state index in [1.165, 1.54) is 0 Å². The molecule has 0 aliphatic carbocycles. The maximum atomic E-state index is 9.64. The van der Waals surface area contributed by atoms with Crippen LogP contribution in [0.2, 0.25) is 0 Å². The fourth-order valence-corrected chi connectivity index (χ4v) is 3.42. The summed E-state index contributed by atoms with van der Waals surface area (Å²) in [7, 11) is 0. The second kappa shape index (κ2) is 8.85. The highest BCUT2D eigenvalue weighted by molar-refractivity contribution is 6.22. The largest absolute Gasteiger partial charge is 0.390 e. The first kappa shape index (κ1) is 19.2. The lowest BCUT2D eigenvalue weighted by Crippen LogP contribution is -1.99. The van der Waals surface area contributed by atoms with Crippen LogP contribution in [0.1, 0.15) is 53.5 Å². The number of aryl methyl sites for hydroxylation is 1. The molecule has 3 rings (SSSR count). The number of aliphatic hydroxyl groups is 1. The summed E-state index contributed by atoms with van der Waals surface area (Å²) in [5.74, 6) is 0.862. The van der Waals surface area contributed by atoms with E-state index in [9.17, 15) is 10.4 Å². The molecule has 1 atom stereocenters. The fraction of sp³-hybridized carbons (Fsp3) is 0.273. The summed E-state index contributed by atoms with van der Waals surface area (Å²) in [5.41, 5.74) is 4.75. The van der Waals surface area contributed by atoms with E-state index < -0.39 is 5.38 Å². The van der Waals surface area contributed by atoms with Crippen molar-refractivity contribution in [2.45, 2.75) is 38.2 Å². The molecule has 1 unspecified atom stereocenters. The van der Waals surface area contributed by atoms with Crippen molar-refractivity contribution >= 4 is 11.6 Å². The molecule has 1 aromatic heterocycles. The fourth-order valence-electron chi connectivity index (χ4n) is 3.09. The van der Waals surface area contributed by atoms with Gasteiger partial charge in [-0.1, -0.05) is 55.8 Å². The molecule has 27 heavy (non-hydrogen) atoms. The molecular formula is C22H22ClN3O. The van der Waals surface area contributed by atoms with Crippen molar-refractivity contribution in [1.29, 1.82) is 5.26 Å². The maximum Gasteiger partial charge on any atom is 0.106 e. The molecule has 0 amide bonds. The minimum Gasteiger partial charge on any atom is -0.390 e. The molecule has 0 saturated heterocycles. The van der Waals surface area contributed by atoms with Crippen LogP contribution in [-0.4, -0.2) is 15.1 Å². The van der Waals surface area contributed by atoms with E-state index in [0.29, 0.717) is 17.0 Å². The first-order chi connectivity index (χ1) is 13.2. The first-order valence-electron chi connectivity index (χ1n) is 9.10. The Morgan fingerprint density at radius 1 is 1.19 bits per heavy atom. The Balaban J connectivity index is 1.87. The molecule has 2 N–H and O–H groups in total. The van der Waals surface area contributed by atoms with Crippen LogP contribution >= 0.6 is 11.6 Å². The lowest BCUT2D eigenvalue weighted by molar-refractivity contribution is 0.276. The maximum absolute atomic E-state index is 9.64. The lowest BCUT2D eigenvalue weighted by atomic mass is 9.98. The van der Waals surface area contributed by atoms with E-state index in [1.807, 2.05) is 48.5 Å². The number of alkyl halides is 1. The van der Waals surface area contributed by atoms with Gasteiger partial charge in [-0.05, 0) is 29.2 Å². The van der Waals surface area contributed by atoms with Gasteiger partial charge >= 0.3 is 0 Å². The molecule has 1 heterocycles. The second-order valence-corrected chi connectivity index (χ2v) is 6.89. The molecule has 4 nitrogen and oxygen atoms in total. The summed E-state index contributed by atoms with van der Waals surface area (Å²) in [6, 6.07) is 17.6. The number of imidazole rings is 1. The van der Waals surface area contributed by atoms with E-state index in [4.69, 9.17) is 11.6 Å². The van der Waals surface area contributed by atoms with Crippen molar-refractivity contribution in [2.75, 3.05) is 0 Å². The zero-order valence-electron chi connectivity index (χ0n) is 15.2. The van der Waals surface area contributed by atoms with E-state index >= 15 is 0 Å². The molecule has 0 saturated carbocycles. The van der Waals surface area contributed by atoms with Gasteiger partial charge in [0.2, 0.25) is 0 Å². The third kappa shape index (κ3) is 4.21. The highest BCUT2D eigenvalue weighted by Crippen LogP contribution is 2.32. The number of H-pyrrole nitrogens is 1. The van der Waals surface area contributed by atoms with E-state index in [2.05, 4.69) is 23.0 Å². The van der Waals surface area contributed by atoms with Crippen LogP contribution in [-0.2, 0) is 13.0 Å². The van der Waals surface area contributed by atoms with E-state index in [1.54, 1.807) is 0 Å². The number of unbranched alkanes of at least 4 members (excludes halogenated alkanes) is 1. The smallest absolute Gasteiger partial charge is 0.106 e. The van der Waals surface area contributed by atoms with Crippen molar-refractivity contribution in [1.82, 2.24) is 9.97 Å². The van der Waals surface area contributed by atoms with Gasteiger partial charge in [0, 0.05) is 6.42 Å². The Morgan fingerprint density at radius 2 is 1.93 bits per heavy atom. The van der Waals surface area contributed by atoms with Gasteiger partial charge in [0.15, 0.2) is 0 Å². The number of halogens is 1. The number of aromatic nitrogens is 2. The van der Waals surface area contributed by atoms with Crippen LogP contribution in [0, 0.1) is 11.3 Å². The van der Waals surface area contributed by atoms with Crippen LogP contribution in [0.25, 0.3) is 11.1 Å². The van der Waals surface area contributed by atoms with E-state index in [0.717, 1.165) is 41.8 Å². The number of hydrogen-bond acceptors (Lipinski definition) is 3. The number of benzene rings is 2. The van der Waals surface area contributed by atoms with Crippen LogP contribution in [0.4, 0.5) is 0 Å². The van der Waals surface area contributed by atoms with Crippen molar-refractivity contribution in [3.05, 3.63) is 76.9 Å². The van der Waals surface area contributed by atoms with Gasteiger partial charge in [0.25, 0.3) is 0 Å². The van der Waals surface area contributed by atoms with Gasteiger partial charge in [-0.15, -0.1) is 11.6 Å². The Kier molecular flexibility index (Phi) is 6.28. The summed E-state index contributed by atoms with van der Waals surface area (Å²) in [5, 5.41) is 18.5. The predicted octanol–water partition coefficient (Wildman–Crippen LogP) is 5.11. The van der Waals surface area contributed by atoms with Gasteiger partial charge in [0.1, 0.15) is 11.2 Å². The monoisotopic (exact) mass is 379 g/mol. The van der Waals surface area contributed by atoms with E-state index in [-0.39, 0.29) is 6.61 Å². The topological polar surface area (TPSA) is 72.7 Å². The molecule has 0 aliphatic rings. The van der Waals surface area contributed by atoms with Crippen LogP contribution < -0.4 is 0 Å². The van der Waals surface area contributed by atoms with Crippen LogP contribution in [0.15, 0.2) is 48.5 Å². The molecule has 138 valence electrons. The molecule has 0 aliphatic heterocycles. The number of nitrogens with zero attached hydrogens (tertiary/aromatic N) is 2. The molecule has 3 aromatic rings. The first-order valence-corrected chi connectivity index (χ1v) is 9.53. The number of rotatable bonds is 7. The van der Waals surface area contributed by atoms with Gasteiger partial charge in [-0.2, -0.15) is 5.26 Å². The number of hydrogen-bond donors (Lipinski definition) is 2. The standard InChI is InChI=1S/C22H22ClN3O/c1-2-3-8-20-25-19(14-27)22(26-20)21(23)16-11-9-15(10-12-16)18-7-5-4-6-17(18)13-24/h4-7,9-12,21,27H,2-3,8,14H2,1H3,(H,25,26).